The SMILES string of the molecule is CCC(CC)C1(O)CCNCC1CC. The zero-order valence-corrected chi connectivity index (χ0v) is 9.84. The molecule has 2 atom stereocenters. The summed E-state index contributed by atoms with van der Waals surface area (Å²) in [6.45, 7) is 8.54. The Balaban J connectivity index is 2.75. The van der Waals surface area contributed by atoms with Gasteiger partial charge in [-0.05, 0) is 25.3 Å². The van der Waals surface area contributed by atoms with Crippen molar-refractivity contribution >= 4 is 0 Å². The van der Waals surface area contributed by atoms with Crippen LogP contribution in [0.2, 0.25) is 0 Å². The number of hydrogen-bond donors (Lipinski definition) is 2. The van der Waals surface area contributed by atoms with Crippen LogP contribution in [0.3, 0.4) is 0 Å². The molecule has 1 heterocycles. The molecule has 0 amide bonds. The lowest BCUT2D eigenvalue weighted by molar-refractivity contribution is -0.0917. The van der Waals surface area contributed by atoms with E-state index in [-0.39, 0.29) is 0 Å². The van der Waals surface area contributed by atoms with E-state index < -0.39 is 5.60 Å². The Kier molecular flexibility index (Phi) is 4.39. The van der Waals surface area contributed by atoms with E-state index in [2.05, 4.69) is 26.1 Å². The predicted octanol–water partition coefficient (Wildman–Crippen LogP) is 2.17. The average Bonchev–Trinajstić information content (AvgIpc) is 2.20. The molecular formula is C12H25NO. The molecule has 1 aliphatic heterocycles. The first-order chi connectivity index (χ1) is 6.69. The van der Waals surface area contributed by atoms with Crippen molar-refractivity contribution in [3.8, 4) is 0 Å². The van der Waals surface area contributed by atoms with E-state index in [4.69, 9.17) is 0 Å². The van der Waals surface area contributed by atoms with Gasteiger partial charge in [0.05, 0.1) is 5.60 Å². The maximum atomic E-state index is 10.8. The zero-order chi connectivity index (χ0) is 10.6. The highest BCUT2D eigenvalue weighted by Gasteiger charge is 2.42. The van der Waals surface area contributed by atoms with Gasteiger partial charge in [-0.15, -0.1) is 0 Å². The largest absolute Gasteiger partial charge is 0.389 e. The van der Waals surface area contributed by atoms with Crippen LogP contribution < -0.4 is 5.32 Å². The minimum atomic E-state index is -0.399. The number of nitrogens with one attached hydrogen (secondary N) is 1. The first-order valence-corrected chi connectivity index (χ1v) is 6.12. The predicted molar refractivity (Wildman–Crippen MR) is 60.3 cm³/mol. The molecule has 1 aliphatic rings. The van der Waals surface area contributed by atoms with Gasteiger partial charge >= 0.3 is 0 Å². The Morgan fingerprint density at radius 3 is 2.50 bits per heavy atom. The number of rotatable bonds is 4. The van der Waals surface area contributed by atoms with Crippen molar-refractivity contribution in [1.29, 1.82) is 0 Å². The van der Waals surface area contributed by atoms with Gasteiger partial charge in [-0.25, -0.2) is 0 Å². The highest BCUT2D eigenvalue weighted by molar-refractivity contribution is 4.95. The topological polar surface area (TPSA) is 32.3 Å². The van der Waals surface area contributed by atoms with Gasteiger partial charge in [-0.2, -0.15) is 0 Å². The third-order valence-electron chi connectivity index (χ3n) is 3.99. The van der Waals surface area contributed by atoms with Gasteiger partial charge in [-0.1, -0.05) is 33.6 Å². The van der Waals surface area contributed by atoms with E-state index in [9.17, 15) is 5.11 Å². The summed E-state index contributed by atoms with van der Waals surface area (Å²) in [5, 5.41) is 14.1. The fourth-order valence-corrected chi connectivity index (χ4v) is 2.98. The lowest BCUT2D eigenvalue weighted by Gasteiger charge is -2.45. The first kappa shape index (κ1) is 12.0. The lowest BCUT2D eigenvalue weighted by Crippen LogP contribution is -2.54. The van der Waals surface area contributed by atoms with Gasteiger partial charge in [0.2, 0.25) is 0 Å². The Hall–Kier alpha value is -0.0800. The third kappa shape index (κ3) is 2.12. The van der Waals surface area contributed by atoms with Crippen LogP contribution in [0.1, 0.15) is 46.5 Å². The molecule has 2 heteroatoms. The molecule has 2 unspecified atom stereocenters. The van der Waals surface area contributed by atoms with Gasteiger partial charge in [0, 0.05) is 12.5 Å². The molecule has 2 nitrogen and oxygen atoms in total. The smallest absolute Gasteiger partial charge is 0.0727 e. The molecule has 1 fully saturated rings. The molecule has 0 spiro atoms. The average molecular weight is 199 g/mol. The Morgan fingerprint density at radius 2 is 2.00 bits per heavy atom. The molecule has 84 valence electrons. The molecule has 1 saturated heterocycles. The van der Waals surface area contributed by atoms with Crippen LogP contribution in [0.25, 0.3) is 0 Å². The van der Waals surface area contributed by atoms with Crippen molar-refractivity contribution in [2.75, 3.05) is 13.1 Å². The van der Waals surface area contributed by atoms with Crippen LogP contribution in [0.4, 0.5) is 0 Å². The fraction of sp³-hybridized carbons (Fsp3) is 1.00. The number of piperidine rings is 1. The van der Waals surface area contributed by atoms with Crippen molar-refractivity contribution in [1.82, 2.24) is 5.32 Å². The Labute approximate surface area is 88.1 Å². The van der Waals surface area contributed by atoms with Crippen molar-refractivity contribution < 1.29 is 5.11 Å². The van der Waals surface area contributed by atoms with Crippen LogP contribution >= 0.6 is 0 Å². The standard InChI is InChI=1S/C12H25NO/c1-4-10(5-2)12(14)7-8-13-9-11(12)6-3/h10-11,13-14H,4-9H2,1-3H3. The maximum absolute atomic E-state index is 10.8. The van der Waals surface area contributed by atoms with E-state index in [0.717, 1.165) is 38.8 Å². The van der Waals surface area contributed by atoms with Crippen molar-refractivity contribution in [3.05, 3.63) is 0 Å². The zero-order valence-electron chi connectivity index (χ0n) is 9.84. The van der Waals surface area contributed by atoms with Crippen LogP contribution in [0, 0.1) is 11.8 Å². The molecule has 2 N–H and O–H groups in total. The van der Waals surface area contributed by atoms with Gasteiger partial charge < -0.3 is 10.4 Å². The monoisotopic (exact) mass is 199 g/mol. The quantitative estimate of drug-likeness (QED) is 0.727. The highest BCUT2D eigenvalue weighted by Crippen LogP contribution is 2.37. The summed E-state index contributed by atoms with van der Waals surface area (Å²) in [5.74, 6) is 0.927. The lowest BCUT2D eigenvalue weighted by atomic mass is 9.70. The second-order valence-corrected chi connectivity index (χ2v) is 4.56. The van der Waals surface area contributed by atoms with Crippen LogP contribution in [-0.2, 0) is 0 Å². The van der Waals surface area contributed by atoms with Crippen LogP contribution in [-0.4, -0.2) is 23.8 Å². The second-order valence-electron chi connectivity index (χ2n) is 4.56. The molecule has 0 aromatic heterocycles. The molecule has 0 saturated carbocycles. The van der Waals surface area contributed by atoms with Gasteiger partial charge in [-0.3, -0.25) is 0 Å². The highest BCUT2D eigenvalue weighted by atomic mass is 16.3. The van der Waals surface area contributed by atoms with Crippen LogP contribution in [0.15, 0.2) is 0 Å². The van der Waals surface area contributed by atoms with E-state index in [1.807, 2.05) is 0 Å². The first-order valence-electron chi connectivity index (χ1n) is 6.12. The molecule has 0 bridgehead atoms. The Morgan fingerprint density at radius 1 is 1.36 bits per heavy atom. The summed E-state index contributed by atoms with van der Waals surface area (Å²) < 4.78 is 0. The van der Waals surface area contributed by atoms with E-state index in [1.165, 1.54) is 0 Å². The van der Waals surface area contributed by atoms with Crippen molar-refractivity contribution in [2.45, 2.75) is 52.1 Å². The molecule has 0 aromatic rings. The van der Waals surface area contributed by atoms with E-state index in [0.29, 0.717) is 11.8 Å². The summed E-state index contributed by atoms with van der Waals surface area (Å²) in [7, 11) is 0. The maximum Gasteiger partial charge on any atom is 0.0727 e. The second kappa shape index (κ2) is 5.13. The molecule has 14 heavy (non-hydrogen) atoms. The summed E-state index contributed by atoms with van der Waals surface area (Å²) in [6, 6.07) is 0. The summed E-state index contributed by atoms with van der Waals surface area (Å²) in [6.07, 6.45) is 4.21. The van der Waals surface area contributed by atoms with Gasteiger partial charge in [0.1, 0.15) is 0 Å². The molecule has 0 aromatic carbocycles. The number of aliphatic hydroxyl groups is 1. The van der Waals surface area contributed by atoms with Crippen molar-refractivity contribution in [2.24, 2.45) is 11.8 Å². The van der Waals surface area contributed by atoms with Crippen molar-refractivity contribution in [3.63, 3.8) is 0 Å². The minimum absolute atomic E-state index is 0.399. The minimum Gasteiger partial charge on any atom is -0.389 e. The summed E-state index contributed by atoms with van der Waals surface area (Å²) >= 11 is 0. The van der Waals surface area contributed by atoms with Gasteiger partial charge in [0.15, 0.2) is 0 Å². The normalized spacial score (nSPS) is 33.6. The molecule has 0 aliphatic carbocycles. The third-order valence-corrected chi connectivity index (χ3v) is 3.99. The van der Waals surface area contributed by atoms with Gasteiger partial charge in [0.25, 0.3) is 0 Å². The van der Waals surface area contributed by atoms with E-state index >= 15 is 0 Å². The Bertz CT molecular complexity index is 158. The van der Waals surface area contributed by atoms with E-state index in [1.54, 1.807) is 0 Å². The molecular weight excluding hydrogens is 174 g/mol. The molecule has 0 radical (unpaired) electrons. The number of hydrogen-bond acceptors (Lipinski definition) is 2. The molecule has 1 rings (SSSR count). The summed E-state index contributed by atoms with van der Waals surface area (Å²) in [4.78, 5) is 0. The fourth-order valence-electron chi connectivity index (χ4n) is 2.98. The van der Waals surface area contributed by atoms with Crippen LogP contribution in [0.5, 0.6) is 0 Å². The summed E-state index contributed by atoms with van der Waals surface area (Å²) in [5.41, 5.74) is -0.399.